The molecule has 2 aromatic rings. The molecule has 2 aliphatic carbocycles. The fourth-order valence-electron chi connectivity index (χ4n) is 4.61. The fraction of sp³-hybridized carbons (Fsp3) is 0.727. The van der Waals surface area contributed by atoms with E-state index < -0.39 is 0 Å². The minimum Gasteiger partial charge on any atom is -0.353 e. The van der Waals surface area contributed by atoms with Gasteiger partial charge in [-0.3, -0.25) is 4.90 Å². The van der Waals surface area contributed by atoms with Crippen LogP contribution in [0.1, 0.15) is 54.3 Å². The molecule has 0 bridgehead atoms. The highest BCUT2D eigenvalue weighted by Crippen LogP contribution is 2.44. The van der Waals surface area contributed by atoms with Gasteiger partial charge >= 0.3 is 0 Å². The van der Waals surface area contributed by atoms with E-state index in [1.807, 2.05) is 11.3 Å². The van der Waals surface area contributed by atoms with Crippen LogP contribution < -0.4 is 4.90 Å². The van der Waals surface area contributed by atoms with Crippen molar-refractivity contribution in [3.05, 3.63) is 16.3 Å². The standard InChI is InChI=1S/C22H33N5S/c1-25(2)10-11-26-12-14-27(15-13-26)21-19-17-6-4-3-5-7-18(17)28-22(19)24-20(23-21)16-8-9-16/h16H,3-15H2,1-2H3. The van der Waals surface area contributed by atoms with Crippen molar-refractivity contribution in [3.63, 3.8) is 0 Å². The van der Waals surface area contributed by atoms with Crippen LogP contribution in [-0.4, -0.2) is 73.1 Å². The zero-order valence-corrected chi connectivity index (χ0v) is 18.2. The number of aryl methyl sites for hydroxylation is 2. The first kappa shape index (κ1) is 18.8. The molecule has 0 unspecified atom stereocenters. The Morgan fingerprint density at radius 3 is 2.54 bits per heavy atom. The van der Waals surface area contributed by atoms with Crippen LogP contribution in [-0.2, 0) is 12.8 Å². The number of thiophene rings is 1. The molecule has 0 aromatic carbocycles. The summed E-state index contributed by atoms with van der Waals surface area (Å²) in [7, 11) is 4.32. The lowest BCUT2D eigenvalue weighted by molar-refractivity contribution is 0.229. The third kappa shape index (κ3) is 3.79. The number of anilines is 1. The highest BCUT2D eigenvalue weighted by Gasteiger charge is 2.31. The predicted molar refractivity (Wildman–Crippen MR) is 118 cm³/mol. The van der Waals surface area contributed by atoms with Gasteiger partial charge in [-0.2, -0.15) is 0 Å². The van der Waals surface area contributed by atoms with Crippen LogP contribution in [0.3, 0.4) is 0 Å². The summed E-state index contributed by atoms with van der Waals surface area (Å²) in [5.41, 5.74) is 1.59. The Kier molecular flexibility index (Phi) is 5.28. The molecule has 0 radical (unpaired) electrons. The summed E-state index contributed by atoms with van der Waals surface area (Å²) >= 11 is 1.97. The van der Waals surface area contributed by atoms with Crippen molar-refractivity contribution >= 4 is 27.4 Å². The Bertz CT molecular complexity index is 833. The molecule has 152 valence electrons. The minimum atomic E-state index is 0.617. The first-order chi connectivity index (χ1) is 13.7. The Labute approximate surface area is 172 Å². The van der Waals surface area contributed by atoms with Gasteiger partial charge in [-0.15, -0.1) is 11.3 Å². The Balaban J connectivity index is 1.45. The van der Waals surface area contributed by atoms with Crippen LogP contribution in [0.25, 0.3) is 10.2 Å². The lowest BCUT2D eigenvalue weighted by Crippen LogP contribution is -2.48. The van der Waals surface area contributed by atoms with E-state index in [0.717, 1.165) is 38.5 Å². The number of likely N-dealkylation sites (N-methyl/N-ethyl adjacent to an activating group) is 1. The van der Waals surface area contributed by atoms with Crippen molar-refractivity contribution in [1.29, 1.82) is 0 Å². The van der Waals surface area contributed by atoms with E-state index >= 15 is 0 Å². The summed E-state index contributed by atoms with van der Waals surface area (Å²) in [6, 6.07) is 0. The van der Waals surface area contributed by atoms with Gasteiger partial charge in [0.2, 0.25) is 0 Å². The van der Waals surface area contributed by atoms with E-state index in [1.165, 1.54) is 67.5 Å². The van der Waals surface area contributed by atoms with Crippen LogP contribution in [0.15, 0.2) is 0 Å². The van der Waals surface area contributed by atoms with Gasteiger partial charge in [-0.25, -0.2) is 9.97 Å². The average molecular weight is 400 g/mol. The van der Waals surface area contributed by atoms with Gasteiger partial charge in [0.25, 0.3) is 0 Å². The van der Waals surface area contributed by atoms with E-state index in [2.05, 4.69) is 28.8 Å². The molecule has 0 atom stereocenters. The van der Waals surface area contributed by atoms with E-state index in [9.17, 15) is 0 Å². The SMILES string of the molecule is CN(C)CCN1CCN(c2nc(C3CC3)nc3sc4c(c23)CCCCC4)CC1. The van der Waals surface area contributed by atoms with Gasteiger partial charge in [-0.05, 0) is 58.2 Å². The maximum Gasteiger partial charge on any atom is 0.141 e. The van der Waals surface area contributed by atoms with Crippen LogP contribution in [0.2, 0.25) is 0 Å². The topological polar surface area (TPSA) is 35.5 Å². The number of piperazine rings is 1. The molecule has 3 heterocycles. The number of hydrogen-bond donors (Lipinski definition) is 0. The van der Waals surface area contributed by atoms with Crippen molar-refractivity contribution in [1.82, 2.24) is 19.8 Å². The minimum absolute atomic E-state index is 0.617. The van der Waals surface area contributed by atoms with Crippen molar-refractivity contribution in [3.8, 4) is 0 Å². The van der Waals surface area contributed by atoms with Crippen LogP contribution in [0, 0.1) is 0 Å². The van der Waals surface area contributed by atoms with Crippen LogP contribution in [0.5, 0.6) is 0 Å². The molecule has 2 fully saturated rings. The summed E-state index contributed by atoms with van der Waals surface area (Å²) in [4.78, 5) is 20.6. The second-order valence-electron chi connectivity index (χ2n) is 9.06. The van der Waals surface area contributed by atoms with Gasteiger partial charge in [0.15, 0.2) is 0 Å². The fourth-order valence-corrected chi connectivity index (χ4v) is 5.87. The van der Waals surface area contributed by atoms with E-state index in [4.69, 9.17) is 9.97 Å². The first-order valence-electron chi connectivity index (χ1n) is 11.1. The highest BCUT2D eigenvalue weighted by molar-refractivity contribution is 7.19. The third-order valence-electron chi connectivity index (χ3n) is 6.54. The zero-order chi connectivity index (χ0) is 19.1. The summed E-state index contributed by atoms with van der Waals surface area (Å²) < 4.78 is 0. The van der Waals surface area contributed by atoms with Gasteiger partial charge in [0.1, 0.15) is 16.5 Å². The predicted octanol–water partition coefficient (Wildman–Crippen LogP) is 3.52. The van der Waals surface area contributed by atoms with Crippen molar-refractivity contribution in [2.45, 2.75) is 50.9 Å². The quantitative estimate of drug-likeness (QED) is 0.719. The second kappa shape index (κ2) is 7.88. The lowest BCUT2D eigenvalue weighted by atomic mass is 10.1. The average Bonchev–Trinajstić information content (AvgIpc) is 3.51. The summed E-state index contributed by atoms with van der Waals surface area (Å²) in [5, 5.41) is 1.41. The number of hydrogen-bond acceptors (Lipinski definition) is 6. The van der Waals surface area contributed by atoms with Gasteiger partial charge < -0.3 is 9.80 Å². The van der Waals surface area contributed by atoms with E-state index in [0.29, 0.717) is 5.92 Å². The summed E-state index contributed by atoms with van der Waals surface area (Å²) in [6.07, 6.45) is 9.03. The molecule has 1 aliphatic heterocycles. The Morgan fingerprint density at radius 1 is 1.00 bits per heavy atom. The van der Waals surface area contributed by atoms with Gasteiger partial charge in [0, 0.05) is 50.1 Å². The number of nitrogens with zero attached hydrogens (tertiary/aromatic N) is 5. The summed E-state index contributed by atoms with van der Waals surface area (Å²) in [6.45, 7) is 6.78. The molecule has 5 rings (SSSR count). The molecule has 3 aliphatic rings. The smallest absolute Gasteiger partial charge is 0.141 e. The molecule has 1 saturated carbocycles. The zero-order valence-electron chi connectivity index (χ0n) is 17.4. The molecule has 1 saturated heterocycles. The largest absolute Gasteiger partial charge is 0.353 e. The maximum absolute atomic E-state index is 5.19. The van der Waals surface area contributed by atoms with Crippen LogP contribution >= 0.6 is 11.3 Å². The third-order valence-corrected chi connectivity index (χ3v) is 7.73. The van der Waals surface area contributed by atoms with Crippen molar-refractivity contribution in [2.24, 2.45) is 0 Å². The summed E-state index contributed by atoms with van der Waals surface area (Å²) in [5.74, 6) is 3.00. The number of rotatable bonds is 5. The molecular weight excluding hydrogens is 366 g/mol. The molecule has 0 spiro atoms. The first-order valence-corrected chi connectivity index (χ1v) is 11.9. The second-order valence-corrected chi connectivity index (χ2v) is 10.1. The molecule has 28 heavy (non-hydrogen) atoms. The highest BCUT2D eigenvalue weighted by atomic mass is 32.1. The molecule has 2 aromatic heterocycles. The molecule has 5 nitrogen and oxygen atoms in total. The molecular formula is C22H33N5S. The van der Waals surface area contributed by atoms with Crippen molar-refractivity contribution in [2.75, 3.05) is 58.3 Å². The number of fused-ring (bicyclic) bond motifs is 3. The molecule has 6 heteroatoms. The monoisotopic (exact) mass is 399 g/mol. The van der Waals surface area contributed by atoms with E-state index in [-0.39, 0.29) is 0 Å². The van der Waals surface area contributed by atoms with E-state index in [1.54, 1.807) is 10.4 Å². The normalized spacial score (nSPS) is 21.3. The van der Waals surface area contributed by atoms with Gasteiger partial charge in [0.05, 0.1) is 5.39 Å². The Morgan fingerprint density at radius 2 is 1.79 bits per heavy atom. The Hall–Kier alpha value is -1.24. The maximum atomic E-state index is 5.19. The van der Waals surface area contributed by atoms with Gasteiger partial charge in [-0.1, -0.05) is 6.42 Å². The molecule has 0 N–H and O–H groups in total. The lowest BCUT2D eigenvalue weighted by Gasteiger charge is -2.36. The number of aromatic nitrogens is 2. The molecule has 0 amide bonds. The van der Waals surface area contributed by atoms with Crippen LogP contribution in [0.4, 0.5) is 5.82 Å². The van der Waals surface area contributed by atoms with Crippen molar-refractivity contribution < 1.29 is 0 Å².